The monoisotopic (exact) mass is 160 g/mol. The van der Waals surface area contributed by atoms with Gasteiger partial charge in [0.1, 0.15) is 5.75 Å². The SMILES string of the molecule is C=C1CCc2cc(C)ccc2O1. The molecule has 0 spiro atoms. The maximum atomic E-state index is 5.49. The van der Waals surface area contributed by atoms with Gasteiger partial charge in [0.25, 0.3) is 0 Å². The molecule has 1 aromatic rings. The lowest BCUT2D eigenvalue weighted by Crippen LogP contribution is -2.05. The van der Waals surface area contributed by atoms with Crippen molar-refractivity contribution in [2.75, 3.05) is 0 Å². The lowest BCUT2D eigenvalue weighted by molar-refractivity contribution is 0.381. The maximum absolute atomic E-state index is 5.49. The zero-order valence-electron chi connectivity index (χ0n) is 7.26. The zero-order valence-corrected chi connectivity index (χ0v) is 7.26. The largest absolute Gasteiger partial charge is 0.462 e. The number of benzene rings is 1. The Morgan fingerprint density at radius 3 is 3.00 bits per heavy atom. The van der Waals surface area contributed by atoms with Crippen LogP contribution in [-0.2, 0) is 6.42 Å². The molecule has 2 rings (SSSR count). The minimum Gasteiger partial charge on any atom is -0.462 e. The van der Waals surface area contributed by atoms with Gasteiger partial charge in [0.05, 0.1) is 5.76 Å². The standard InChI is InChI=1S/C11H12O/c1-8-3-6-11-10(7-8)5-4-9(2)12-11/h3,6-7H,2,4-5H2,1H3. The highest BCUT2D eigenvalue weighted by atomic mass is 16.5. The van der Waals surface area contributed by atoms with E-state index in [0.717, 1.165) is 24.4 Å². The first kappa shape index (κ1) is 7.41. The van der Waals surface area contributed by atoms with Crippen molar-refractivity contribution in [3.05, 3.63) is 41.7 Å². The van der Waals surface area contributed by atoms with Crippen LogP contribution in [-0.4, -0.2) is 0 Å². The van der Waals surface area contributed by atoms with Crippen molar-refractivity contribution in [1.29, 1.82) is 0 Å². The number of ether oxygens (including phenoxy) is 1. The molecule has 1 heteroatoms. The Hall–Kier alpha value is -1.24. The number of allylic oxidation sites excluding steroid dienone is 1. The third kappa shape index (κ3) is 1.22. The van der Waals surface area contributed by atoms with E-state index in [1.165, 1.54) is 11.1 Å². The van der Waals surface area contributed by atoms with E-state index in [9.17, 15) is 0 Å². The van der Waals surface area contributed by atoms with Gasteiger partial charge in [0.2, 0.25) is 0 Å². The molecule has 0 amide bonds. The third-order valence-electron chi connectivity index (χ3n) is 2.14. The summed E-state index contributed by atoms with van der Waals surface area (Å²) < 4.78 is 5.49. The summed E-state index contributed by atoms with van der Waals surface area (Å²) in [6.45, 7) is 5.91. The molecule has 0 radical (unpaired) electrons. The predicted molar refractivity (Wildman–Crippen MR) is 49.3 cm³/mol. The fourth-order valence-electron chi connectivity index (χ4n) is 1.48. The lowest BCUT2D eigenvalue weighted by Gasteiger charge is -2.18. The first-order chi connectivity index (χ1) is 5.75. The Kier molecular flexibility index (Phi) is 1.65. The molecule has 0 saturated carbocycles. The van der Waals surface area contributed by atoms with E-state index >= 15 is 0 Å². The summed E-state index contributed by atoms with van der Waals surface area (Å²) in [5, 5.41) is 0. The van der Waals surface area contributed by atoms with Crippen LogP contribution in [0.5, 0.6) is 5.75 Å². The van der Waals surface area contributed by atoms with Crippen LogP contribution >= 0.6 is 0 Å². The van der Waals surface area contributed by atoms with Crippen molar-refractivity contribution < 1.29 is 4.74 Å². The van der Waals surface area contributed by atoms with Gasteiger partial charge in [-0.1, -0.05) is 24.3 Å². The fraction of sp³-hybridized carbons (Fsp3) is 0.273. The quantitative estimate of drug-likeness (QED) is 0.567. The summed E-state index contributed by atoms with van der Waals surface area (Å²) in [4.78, 5) is 0. The summed E-state index contributed by atoms with van der Waals surface area (Å²) in [6.07, 6.45) is 2.02. The highest BCUT2D eigenvalue weighted by molar-refractivity contribution is 5.39. The molecule has 0 N–H and O–H groups in total. The first-order valence-electron chi connectivity index (χ1n) is 4.21. The molecular weight excluding hydrogens is 148 g/mol. The molecule has 0 atom stereocenters. The molecule has 0 aromatic heterocycles. The first-order valence-corrected chi connectivity index (χ1v) is 4.21. The molecule has 12 heavy (non-hydrogen) atoms. The number of aryl methyl sites for hydroxylation is 2. The highest BCUT2D eigenvalue weighted by Crippen LogP contribution is 2.28. The van der Waals surface area contributed by atoms with Crippen molar-refractivity contribution >= 4 is 0 Å². The van der Waals surface area contributed by atoms with Gasteiger partial charge >= 0.3 is 0 Å². The van der Waals surface area contributed by atoms with Gasteiger partial charge in [-0.25, -0.2) is 0 Å². The fourth-order valence-corrected chi connectivity index (χ4v) is 1.48. The molecule has 0 bridgehead atoms. The molecule has 1 aliphatic heterocycles. The second-order valence-corrected chi connectivity index (χ2v) is 3.25. The van der Waals surface area contributed by atoms with Gasteiger partial charge in [-0.3, -0.25) is 0 Å². The summed E-state index contributed by atoms with van der Waals surface area (Å²) in [6, 6.07) is 6.27. The van der Waals surface area contributed by atoms with Crippen LogP contribution < -0.4 is 4.74 Å². The normalized spacial score (nSPS) is 15.2. The Morgan fingerprint density at radius 1 is 1.33 bits per heavy atom. The van der Waals surface area contributed by atoms with Gasteiger partial charge in [-0.2, -0.15) is 0 Å². The molecule has 1 aliphatic rings. The van der Waals surface area contributed by atoms with E-state index in [1.54, 1.807) is 0 Å². The minimum atomic E-state index is 0.881. The zero-order chi connectivity index (χ0) is 8.55. The van der Waals surface area contributed by atoms with Gasteiger partial charge in [0, 0.05) is 6.42 Å². The topological polar surface area (TPSA) is 9.23 Å². The van der Waals surface area contributed by atoms with E-state index in [2.05, 4.69) is 25.6 Å². The number of hydrogen-bond donors (Lipinski definition) is 0. The lowest BCUT2D eigenvalue weighted by atomic mass is 10.0. The Labute approximate surface area is 72.7 Å². The average Bonchev–Trinajstić information content (AvgIpc) is 2.05. The van der Waals surface area contributed by atoms with Crippen LogP contribution in [0.25, 0.3) is 0 Å². The molecule has 0 fully saturated rings. The Balaban J connectivity index is 2.43. The van der Waals surface area contributed by atoms with E-state index < -0.39 is 0 Å². The smallest absolute Gasteiger partial charge is 0.130 e. The average molecular weight is 160 g/mol. The Morgan fingerprint density at radius 2 is 2.17 bits per heavy atom. The molecule has 0 saturated heterocycles. The Bertz CT molecular complexity index is 326. The van der Waals surface area contributed by atoms with Crippen LogP contribution in [0.15, 0.2) is 30.5 Å². The number of rotatable bonds is 0. The van der Waals surface area contributed by atoms with Crippen LogP contribution in [0.1, 0.15) is 17.5 Å². The molecule has 1 aromatic carbocycles. The van der Waals surface area contributed by atoms with Crippen molar-refractivity contribution in [2.24, 2.45) is 0 Å². The molecule has 0 aliphatic carbocycles. The van der Waals surface area contributed by atoms with E-state index in [0.29, 0.717) is 0 Å². The third-order valence-corrected chi connectivity index (χ3v) is 2.14. The van der Waals surface area contributed by atoms with Crippen molar-refractivity contribution in [3.8, 4) is 5.75 Å². The molecule has 62 valence electrons. The van der Waals surface area contributed by atoms with Gasteiger partial charge in [0.15, 0.2) is 0 Å². The molecule has 1 nitrogen and oxygen atoms in total. The predicted octanol–water partition coefficient (Wildman–Crippen LogP) is 2.83. The highest BCUT2D eigenvalue weighted by Gasteiger charge is 2.11. The summed E-state index contributed by atoms with van der Waals surface area (Å²) in [7, 11) is 0. The second-order valence-electron chi connectivity index (χ2n) is 3.25. The van der Waals surface area contributed by atoms with E-state index in [4.69, 9.17) is 4.74 Å². The van der Waals surface area contributed by atoms with Gasteiger partial charge < -0.3 is 4.74 Å². The van der Waals surface area contributed by atoms with Crippen LogP contribution in [0.2, 0.25) is 0 Å². The van der Waals surface area contributed by atoms with Gasteiger partial charge in [-0.05, 0) is 25.0 Å². The number of hydrogen-bond acceptors (Lipinski definition) is 1. The maximum Gasteiger partial charge on any atom is 0.130 e. The van der Waals surface area contributed by atoms with Crippen LogP contribution in [0.3, 0.4) is 0 Å². The molecular formula is C11H12O. The van der Waals surface area contributed by atoms with E-state index in [1.807, 2.05) is 6.07 Å². The molecule has 0 unspecified atom stereocenters. The van der Waals surface area contributed by atoms with Crippen LogP contribution in [0, 0.1) is 6.92 Å². The summed E-state index contributed by atoms with van der Waals surface area (Å²) >= 11 is 0. The molecule has 1 heterocycles. The van der Waals surface area contributed by atoms with E-state index in [-0.39, 0.29) is 0 Å². The van der Waals surface area contributed by atoms with Crippen molar-refractivity contribution in [3.63, 3.8) is 0 Å². The second kappa shape index (κ2) is 2.67. The van der Waals surface area contributed by atoms with Crippen molar-refractivity contribution in [1.82, 2.24) is 0 Å². The minimum absolute atomic E-state index is 0.881. The summed E-state index contributed by atoms with van der Waals surface area (Å²) in [5.41, 5.74) is 2.60. The van der Waals surface area contributed by atoms with Crippen LogP contribution in [0.4, 0.5) is 0 Å². The van der Waals surface area contributed by atoms with Gasteiger partial charge in [-0.15, -0.1) is 0 Å². The van der Waals surface area contributed by atoms with Crippen molar-refractivity contribution in [2.45, 2.75) is 19.8 Å². The summed E-state index contributed by atoms with van der Waals surface area (Å²) in [5.74, 6) is 1.86. The number of fused-ring (bicyclic) bond motifs is 1.